The predicted octanol–water partition coefficient (Wildman–Crippen LogP) is 6.95. The second-order valence-corrected chi connectivity index (χ2v) is 10.8. The summed E-state index contributed by atoms with van der Waals surface area (Å²) < 4.78 is 0.962. The molecular weight excluding hydrogens is 535 g/mol. The van der Waals surface area contributed by atoms with Gasteiger partial charge in [-0.25, -0.2) is 4.98 Å². The van der Waals surface area contributed by atoms with E-state index in [-0.39, 0.29) is 5.91 Å². The largest absolute Gasteiger partial charge is 0.360 e. The Hall–Kier alpha value is -2.12. The smallest absolute Gasteiger partial charge is 0.252 e. The fourth-order valence-corrected chi connectivity index (χ4v) is 5.72. The van der Waals surface area contributed by atoms with E-state index >= 15 is 0 Å². The zero-order chi connectivity index (χ0) is 23.8. The molecule has 34 heavy (non-hydrogen) atoms. The number of nitrogens with zero attached hydrogens (tertiary/aromatic N) is 1. The van der Waals surface area contributed by atoms with E-state index < -0.39 is 0 Å². The summed E-state index contributed by atoms with van der Waals surface area (Å²) in [4.78, 5) is 21.5. The molecule has 2 atom stereocenters. The van der Waals surface area contributed by atoms with Crippen LogP contribution in [0.5, 0.6) is 0 Å². The first-order chi connectivity index (χ1) is 16.4. The van der Waals surface area contributed by atoms with Crippen LogP contribution in [0.4, 0.5) is 0 Å². The number of halogens is 3. The Kier molecular flexibility index (Phi) is 6.85. The van der Waals surface area contributed by atoms with Gasteiger partial charge in [0.2, 0.25) is 0 Å². The summed E-state index contributed by atoms with van der Waals surface area (Å²) in [5.74, 6) is 0.858. The summed E-state index contributed by atoms with van der Waals surface area (Å²) in [5, 5.41) is 5.59. The molecule has 1 saturated carbocycles. The molecule has 4 aromatic rings. The van der Waals surface area contributed by atoms with E-state index in [9.17, 15) is 4.79 Å². The molecule has 4 N–H and O–H groups in total. The highest BCUT2D eigenvalue weighted by Gasteiger charge is 2.23. The molecule has 5 nitrogen and oxygen atoms in total. The lowest BCUT2D eigenvalue weighted by atomic mass is 9.81. The fraction of sp³-hybridized carbons (Fsp3) is 0.308. The normalized spacial score (nSPS) is 18.5. The number of amides is 1. The first kappa shape index (κ1) is 23.6. The third-order valence-electron chi connectivity index (χ3n) is 6.81. The minimum absolute atomic E-state index is 0.136. The van der Waals surface area contributed by atoms with E-state index in [1.165, 1.54) is 6.42 Å². The Morgan fingerprint density at radius 2 is 1.97 bits per heavy atom. The zero-order valence-electron chi connectivity index (χ0n) is 18.5. The van der Waals surface area contributed by atoms with Crippen LogP contribution in [0.25, 0.3) is 33.1 Å². The highest BCUT2D eigenvalue weighted by molar-refractivity contribution is 9.10. The first-order valence-electron chi connectivity index (χ1n) is 11.5. The summed E-state index contributed by atoms with van der Waals surface area (Å²) >= 11 is 16.4. The van der Waals surface area contributed by atoms with Gasteiger partial charge < -0.3 is 16.0 Å². The number of rotatable bonds is 5. The van der Waals surface area contributed by atoms with Crippen LogP contribution in [-0.2, 0) is 0 Å². The summed E-state index contributed by atoms with van der Waals surface area (Å²) in [6, 6.07) is 11.4. The average molecular weight is 560 g/mol. The highest BCUT2D eigenvalue weighted by Crippen LogP contribution is 2.36. The molecule has 1 fully saturated rings. The van der Waals surface area contributed by atoms with Crippen molar-refractivity contribution in [1.82, 2.24) is 15.3 Å². The van der Waals surface area contributed by atoms with Crippen LogP contribution >= 0.6 is 39.1 Å². The van der Waals surface area contributed by atoms with Gasteiger partial charge in [-0.2, -0.15) is 0 Å². The second-order valence-electron chi connectivity index (χ2n) is 9.05. The van der Waals surface area contributed by atoms with Gasteiger partial charge in [-0.1, -0.05) is 51.6 Å². The minimum atomic E-state index is -0.136. The van der Waals surface area contributed by atoms with E-state index in [1.54, 1.807) is 6.07 Å². The zero-order valence-corrected chi connectivity index (χ0v) is 21.6. The van der Waals surface area contributed by atoms with Gasteiger partial charge in [0.25, 0.3) is 5.91 Å². The molecule has 2 heterocycles. The van der Waals surface area contributed by atoms with Gasteiger partial charge in [0.15, 0.2) is 0 Å². The topological polar surface area (TPSA) is 83.8 Å². The van der Waals surface area contributed by atoms with Crippen LogP contribution in [0.3, 0.4) is 0 Å². The number of H-pyrrole nitrogens is 1. The average Bonchev–Trinajstić information content (AvgIpc) is 3.27. The molecule has 5 rings (SSSR count). The SMILES string of the molecule is NCC1CCCC(CNC(=O)c2cc(-c3c[nH]c4ccc(Br)cc34)nc3c(Cl)c(Cl)ccc23)C1. The maximum atomic E-state index is 13.4. The van der Waals surface area contributed by atoms with Crippen molar-refractivity contribution in [3.05, 3.63) is 62.7 Å². The summed E-state index contributed by atoms with van der Waals surface area (Å²) in [5.41, 5.74) is 9.47. The molecule has 0 spiro atoms. The van der Waals surface area contributed by atoms with Gasteiger partial charge in [0.05, 0.1) is 26.8 Å². The van der Waals surface area contributed by atoms with Gasteiger partial charge in [0, 0.05) is 39.1 Å². The lowest BCUT2D eigenvalue weighted by molar-refractivity contribution is 0.0942. The number of carbonyl (C=O) groups excluding carboxylic acids is 1. The van der Waals surface area contributed by atoms with Crippen molar-refractivity contribution in [2.75, 3.05) is 13.1 Å². The van der Waals surface area contributed by atoms with Crippen LogP contribution < -0.4 is 11.1 Å². The first-order valence-corrected chi connectivity index (χ1v) is 13.0. The van der Waals surface area contributed by atoms with Crippen molar-refractivity contribution in [2.45, 2.75) is 25.7 Å². The number of carbonyl (C=O) groups is 1. The Labute approximate surface area is 216 Å². The van der Waals surface area contributed by atoms with Crippen LogP contribution in [0.15, 0.2) is 47.1 Å². The number of nitrogens with two attached hydrogens (primary N) is 1. The molecule has 0 aliphatic heterocycles. The van der Waals surface area contributed by atoms with Gasteiger partial charge >= 0.3 is 0 Å². The molecule has 1 aliphatic rings. The molecule has 2 aromatic heterocycles. The van der Waals surface area contributed by atoms with E-state index in [2.05, 4.69) is 26.2 Å². The third kappa shape index (κ3) is 4.57. The summed E-state index contributed by atoms with van der Waals surface area (Å²) in [7, 11) is 0. The number of hydrogen-bond acceptors (Lipinski definition) is 3. The lowest BCUT2D eigenvalue weighted by Gasteiger charge is -2.28. The Morgan fingerprint density at radius 3 is 2.79 bits per heavy atom. The number of pyridine rings is 1. The van der Waals surface area contributed by atoms with E-state index in [0.717, 1.165) is 40.2 Å². The minimum Gasteiger partial charge on any atom is -0.360 e. The van der Waals surface area contributed by atoms with Crippen molar-refractivity contribution in [3.63, 3.8) is 0 Å². The van der Waals surface area contributed by atoms with Crippen molar-refractivity contribution in [2.24, 2.45) is 17.6 Å². The molecule has 176 valence electrons. The van der Waals surface area contributed by atoms with E-state index in [4.69, 9.17) is 33.9 Å². The maximum absolute atomic E-state index is 13.4. The molecule has 0 saturated heterocycles. The number of aromatic amines is 1. The standard InChI is InChI=1S/C26H25BrCl2N4O/c27-16-4-7-22-18(9-16)20(13-31-22)23-10-19(17-5-6-21(28)24(29)25(17)33-23)26(34)32-12-15-3-1-2-14(8-15)11-30/h4-7,9-10,13-15,31H,1-3,8,11-12,30H2,(H,32,34). The third-order valence-corrected chi connectivity index (χ3v) is 8.10. The van der Waals surface area contributed by atoms with Gasteiger partial charge in [0.1, 0.15) is 0 Å². The molecule has 2 unspecified atom stereocenters. The van der Waals surface area contributed by atoms with Gasteiger partial charge in [-0.3, -0.25) is 4.79 Å². The number of fused-ring (bicyclic) bond motifs is 2. The van der Waals surface area contributed by atoms with E-state index in [1.807, 2.05) is 36.5 Å². The number of nitrogens with one attached hydrogen (secondary N) is 2. The molecular formula is C26H25BrCl2N4O. The fourth-order valence-electron chi connectivity index (χ4n) is 5.00. The number of hydrogen-bond donors (Lipinski definition) is 3. The molecule has 8 heteroatoms. The summed E-state index contributed by atoms with van der Waals surface area (Å²) in [6.45, 7) is 1.35. The quantitative estimate of drug-likeness (QED) is 0.247. The highest BCUT2D eigenvalue weighted by atomic mass is 79.9. The Morgan fingerprint density at radius 1 is 1.15 bits per heavy atom. The lowest BCUT2D eigenvalue weighted by Crippen LogP contribution is -2.33. The molecule has 0 bridgehead atoms. The number of aromatic nitrogens is 2. The van der Waals surface area contributed by atoms with Gasteiger partial charge in [-0.05, 0) is 68.0 Å². The number of benzene rings is 2. The molecule has 2 aromatic carbocycles. The van der Waals surface area contributed by atoms with Crippen molar-refractivity contribution >= 4 is 66.8 Å². The van der Waals surface area contributed by atoms with Gasteiger partial charge in [-0.15, -0.1) is 0 Å². The van der Waals surface area contributed by atoms with Crippen molar-refractivity contribution in [3.8, 4) is 11.3 Å². The molecule has 1 aliphatic carbocycles. The molecule has 0 radical (unpaired) electrons. The summed E-state index contributed by atoms with van der Waals surface area (Å²) in [6.07, 6.45) is 6.42. The van der Waals surface area contributed by atoms with Crippen LogP contribution in [0.2, 0.25) is 10.0 Å². The van der Waals surface area contributed by atoms with Crippen LogP contribution in [0, 0.1) is 11.8 Å². The van der Waals surface area contributed by atoms with Crippen LogP contribution in [-0.4, -0.2) is 29.0 Å². The molecule has 1 amide bonds. The van der Waals surface area contributed by atoms with E-state index in [0.29, 0.717) is 57.1 Å². The van der Waals surface area contributed by atoms with Crippen LogP contribution in [0.1, 0.15) is 36.0 Å². The predicted molar refractivity (Wildman–Crippen MR) is 144 cm³/mol. The van der Waals surface area contributed by atoms with Crippen molar-refractivity contribution < 1.29 is 4.79 Å². The monoisotopic (exact) mass is 558 g/mol. The maximum Gasteiger partial charge on any atom is 0.252 e. The second kappa shape index (κ2) is 9.86. The Bertz CT molecular complexity index is 1390. The Balaban J connectivity index is 1.54. The van der Waals surface area contributed by atoms with Crippen molar-refractivity contribution in [1.29, 1.82) is 0 Å².